The van der Waals surface area contributed by atoms with E-state index in [2.05, 4.69) is 13.8 Å². The number of ether oxygens (including phenoxy) is 1. The Balaban J connectivity index is 2.39. The van der Waals surface area contributed by atoms with Crippen molar-refractivity contribution in [2.75, 3.05) is 0 Å². The largest absolute Gasteiger partial charge is 0.367 e. The van der Waals surface area contributed by atoms with Gasteiger partial charge in [0.25, 0.3) is 0 Å². The molecule has 84 valence electrons. The van der Waals surface area contributed by atoms with Crippen LogP contribution in [0, 0.1) is 22.7 Å². The van der Waals surface area contributed by atoms with Crippen LogP contribution in [0.1, 0.15) is 33.6 Å². The second-order valence-electron chi connectivity index (χ2n) is 4.57. The van der Waals surface area contributed by atoms with E-state index in [1.165, 1.54) is 0 Å². The maximum atomic E-state index is 8.55. The minimum absolute atomic E-state index is 0.0422. The fourth-order valence-corrected chi connectivity index (χ4v) is 1.51. The first-order valence-corrected chi connectivity index (χ1v) is 5.35. The lowest BCUT2D eigenvalue weighted by Gasteiger charge is -1.98. The highest BCUT2D eigenvalue weighted by Gasteiger charge is 2.46. The molecule has 0 aliphatic carbocycles. The smallest absolute Gasteiger partial charge is 0.129 e. The summed E-state index contributed by atoms with van der Waals surface area (Å²) in [6.45, 7) is 6.17. The van der Waals surface area contributed by atoms with Crippen LogP contribution in [0.5, 0.6) is 0 Å². The van der Waals surface area contributed by atoms with Crippen LogP contribution in [0.3, 0.4) is 0 Å². The summed E-state index contributed by atoms with van der Waals surface area (Å²) in [5, 5.41) is 17.1. The SMILES string of the molecule is C/C(=C/C=C(C#N)C#N)CCC1OC1(C)C. The Bertz CT molecular complexity index is 389. The van der Waals surface area contributed by atoms with Crippen LogP contribution in [0.2, 0.25) is 0 Å². The van der Waals surface area contributed by atoms with E-state index in [0.717, 1.165) is 18.4 Å². The lowest BCUT2D eigenvalue weighted by Crippen LogP contribution is -2.02. The fourth-order valence-electron chi connectivity index (χ4n) is 1.51. The predicted octanol–water partition coefficient (Wildman–Crippen LogP) is 2.86. The van der Waals surface area contributed by atoms with Gasteiger partial charge in [0.15, 0.2) is 0 Å². The zero-order chi connectivity index (χ0) is 12.2. The van der Waals surface area contributed by atoms with Crippen LogP contribution < -0.4 is 0 Å². The zero-order valence-electron chi connectivity index (χ0n) is 9.95. The van der Waals surface area contributed by atoms with Gasteiger partial charge in [-0.2, -0.15) is 10.5 Å². The molecule has 0 aromatic heterocycles. The number of allylic oxidation sites excluding steroid dienone is 4. The molecule has 3 heteroatoms. The van der Waals surface area contributed by atoms with E-state index in [4.69, 9.17) is 15.3 Å². The van der Waals surface area contributed by atoms with Gasteiger partial charge in [-0.1, -0.05) is 11.6 Å². The highest BCUT2D eigenvalue weighted by atomic mass is 16.6. The van der Waals surface area contributed by atoms with Crippen molar-refractivity contribution in [3.8, 4) is 12.1 Å². The first-order chi connectivity index (χ1) is 7.49. The van der Waals surface area contributed by atoms with E-state index in [0.29, 0.717) is 6.10 Å². The summed E-state index contributed by atoms with van der Waals surface area (Å²) in [4.78, 5) is 0. The van der Waals surface area contributed by atoms with Crippen molar-refractivity contribution < 1.29 is 4.74 Å². The average Bonchev–Trinajstić information content (AvgIpc) is 2.85. The van der Waals surface area contributed by atoms with E-state index in [1.807, 2.05) is 25.1 Å². The van der Waals surface area contributed by atoms with E-state index in [1.54, 1.807) is 6.08 Å². The highest BCUT2D eigenvalue weighted by molar-refractivity contribution is 5.38. The molecule has 0 N–H and O–H groups in total. The van der Waals surface area contributed by atoms with Gasteiger partial charge < -0.3 is 4.74 Å². The number of nitriles is 2. The van der Waals surface area contributed by atoms with Crippen LogP contribution >= 0.6 is 0 Å². The summed E-state index contributed by atoms with van der Waals surface area (Å²) in [5.41, 5.74) is 1.34. The molecule has 1 aliphatic heterocycles. The Morgan fingerprint density at radius 1 is 1.31 bits per heavy atom. The quantitative estimate of drug-likeness (QED) is 0.412. The number of epoxide rings is 1. The maximum absolute atomic E-state index is 8.55. The van der Waals surface area contributed by atoms with Gasteiger partial charge in [-0.05, 0) is 39.7 Å². The van der Waals surface area contributed by atoms with Crippen molar-refractivity contribution in [2.24, 2.45) is 0 Å². The molecule has 1 unspecified atom stereocenters. The molecule has 1 atom stereocenters. The summed E-state index contributed by atoms with van der Waals surface area (Å²) < 4.78 is 5.48. The van der Waals surface area contributed by atoms with Crippen molar-refractivity contribution in [1.82, 2.24) is 0 Å². The molecule has 0 aromatic carbocycles. The van der Waals surface area contributed by atoms with Crippen molar-refractivity contribution >= 4 is 0 Å². The van der Waals surface area contributed by atoms with E-state index >= 15 is 0 Å². The minimum atomic E-state index is 0.0422. The third-order valence-electron chi connectivity index (χ3n) is 2.74. The van der Waals surface area contributed by atoms with E-state index in [9.17, 15) is 0 Å². The van der Waals surface area contributed by atoms with Crippen LogP contribution in [-0.4, -0.2) is 11.7 Å². The molecule has 1 saturated heterocycles. The molecule has 1 aliphatic rings. The highest BCUT2D eigenvalue weighted by Crippen LogP contribution is 2.38. The summed E-state index contributed by atoms with van der Waals surface area (Å²) >= 11 is 0. The summed E-state index contributed by atoms with van der Waals surface area (Å²) in [6.07, 6.45) is 5.68. The molecule has 0 amide bonds. The van der Waals surface area contributed by atoms with E-state index < -0.39 is 0 Å². The van der Waals surface area contributed by atoms with Gasteiger partial charge in [0, 0.05) is 0 Å². The molecule has 16 heavy (non-hydrogen) atoms. The minimum Gasteiger partial charge on any atom is -0.367 e. The van der Waals surface area contributed by atoms with Gasteiger partial charge >= 0.3 is 0 Å². The monoisotopic (exact) mass is 216 g/mol. The average molecular weight is 216 g/mol. The maximum Gasteiger partial charge on any atom is 0.129 e. The molecule has 0 saturated carbocycles. The fraction of sp³-hybridized carbons (Fsp3) is 0.538. The lowest BCUT2D eigenvalue weighted by atomic mass is 10.0. The number of hydrogen-bond donors (Lipinski definition) is 0. The normalized spacial score (nSPS) is 21.8. The first kappa shape index (κ1) is 12.5. The Morgan fingerprint density at radius 3 is 2.31 bits per heavy atom. The van der Waals surface area contributed by atoms with Gasteiger partial charge in [-0.3, -0.25) is 0 Å². The third-order valence-corrected chi connectivity index (χ3v) is 2.74. The van der Waals surface area contributed by atoms with Crippen LogP contribution in [0.15, 0.2) is 23.3 Å². The van der Waals surface area contributed by atoms with Gasteiger partial charge in [0.2, 0.25) is 0 Å². The summed E-state index contributed by atoms with van der Waals surface area (Å²) in [5.74, 6) is 0. The number of rotatable bonds is 4. The van der Waals surface area contributed by atoms with E-state index in [-0.39, 0.29) is 11.2 Å². The first-order valence-electron chi connectivity index (χ1n) is 5.35. The molecular formula is C13H16N2O. The van der Waals surface area contributed by atoms with Crippen molar-refractivity contribution in [3.63, 3.8) is 0 Å². The van der Waals surface area contributed by atoms with Crippen molar-refractivity contribution in [3.05, 3.63) is 23.3 Å². The van der Waals surface area contributed by atoms with Crippen LogP contribution in [0.25, 0.3) is 0 Å². The Labute approximate surface area is 96.6 Å². The molecule has 1 fully saturated rings. The molecule has 0 aromatic rings. The molecule has 1 rings (SSSR count). The second kappa shape index (κ2) is 4.96. The van der Waals surface area contributed by atoms with Gasteiger partial charge in [0.1, 0.15) is 17.7 Å². The predicted molar refractivity (Wildman–Crippen MR) is 61.3 cm³/mol. The molecular weight excluding hydrogens is 200 g/mol. The summed E-state index contributed by atoms with van der Waals surface area (Å²) in [6, 6.07) is 3.66. The number of hydrogen-bond acceptors (Lipinski definition) is 3. The Morgan fingerprint density at radius 2 is 1.88 bits per heavy atom. The third kappa shape index (κ3) is 3.53. The molecule has 3 nitrogen and oxygen atoms in total. The second-order valence-corrected chi connectivity index (χ2v) is 4.57. The van der Waals surface area contributed by atoms with Crippen LogP contribution in [0.4, 0.5) is 0 Å². The Hall–Kier alpha value is -1.58. The van der Waals surface area contributed by atoms with Crippen molar-refractivity contribution in [2.45, 2.75) is 45.3 Å². The number of nitrogens with zero attached hydrogens (tertiary/aromatic N) is 2. The standard InChI is InChI=1S/C13H16N2O/c1-10(4-6-11(8-14)9-15)5-7-12-13(2,3)16-12/h4,6,12H,5,7H2,1-3H3/b10-4-. The molecule has 0 radical (unpaired) electrons. The molecule has 0 bridgehead atoms. The summed E-state index contributed by atoms with van der Waals surface area (Å²) in [7, 11) is 0. The lowest BCUT2D eigenvalue weighted by molar-refractivity contribution is 0.320. The zero-order valence-corrected chi connectivity index (χ0v) is 9.95. The molecule has 1 heterocycles. The van der Waals surface area contributed by atoms with Gasteiger partial charge in [-0.15, -0.1) is 0 Å². The van der Waals surface area contributed by atoms with Gasteiger partial charge in [-0.25, -0.2) is 0 Å². The van der Waals surface area contributed by atoms with Crippen molar-refractivity contribution in [1.29, 1.82) is 10.5 Å². The topological polar surface area (TPSA) is 60.1 Å². The van der Waals surface area contributed by atoms with Crippen LogP contribution in [-0.2, 0) is 4.74 Å². The van der Waals surface area contributed by atoms with Gasteiger partial charge in [0.05, 0.1) is 11.7 Å². The molecule has 0 spiro atoms. The Kier molecular flexibility index (Phi) is 3.88.